The maximum absolute atomic E-state index is 14.5. The van der Waals surface area contributed by atoms with Gasteiger partial charge in [-0.25, -0.2) is 22.0 Å². The Morgan fingerprint density at radius 1 is 0.867 bits per heavy atom. The molecular formula is C21H14F7NO. The molecule has 0 radical (unpaired) electrons. The van der Waals surface area contributed by atoms with E-state index >= 15 is 0 Å². The summed E-state index contributed by atoms with van der Waals surface area (Å²) in [6, 6.07) is 4.88. The van der Waals surface area contributed by atoms with Crippen LogP contribution in [-0.4, -0.2) is 4.98 Å². The van der Waals surface area contributed by atoms with Gasteiger partial charge in [-0.1, -0.05) is 19.4 Å². The SMILES string of the molecule is CCCc1ccc(-c2ccc(C(F)(F)Oc3cc(F)c(F)c(F)c3)c(F)c2F)nc1. The van der Waals surface area contributed by atoms with Gasteiger partial charge in [0.1, 0.15) is 11.3 Å². The van der Waals surface area contributed by atoms with Gasteiger partial charge in [0.2, 0.25) is 0 Å². The number of ether oxygens (including phenoxy) is 1. The average Bonchev–Trinajstić information content (AvgIpc) is 2.68. The average molecular weight is 429 g/mol. The Morgan fingerprint density at radius 2 is 1.53 bits per heavy atom. The zero-order valence-corrected chi connectivity index (χ0v) is 15.5. The van der Waals surface area contributed by atoms with E-state index in [9.17, 15) is 30.7 Å². The molecular weight excluding hydrogens is 415 g/mol. The molecule has 2 aromatic carbocycles. The molecule has 1 aromatic heterocycles. The number of pyridine rings is 1. The van der Waals surface area contributed by atoms with E-state index in [1.807, 2.05) is 6.92 Å². The smallest absolute Gasteiger partial charge is 0.429 e. The molecule has 0 bridgehead atoms. The lowest BCUT2D eigenvalue weighted by Crippen LogP contribution is -2.24. The maximum atomic E-state index is 14.5. The van der Waals surface area contributed by atoms with Crippen LogP contribution in [0.2, 0.25) is 0 Å². The summed E-state index contributed by atoms with van der Waals surface area (Å²) >= 11 is 0. The van der Waals surface area contributed by atoms with Crippen molar-refractivity contribution in [1.29, 1.82) is 0 Å². The third-order valence-corrected chi connectivity index (χ3v) is 4.24. The number of halogens is 7. The molecule has 0 fully saturated rings. The fraction of sp³-hybridized carbons (Fsp3) is 0.190. The molecule has 0 N–H and O–H groups in total. The molecule has 158 valence electrons. The van der Waals surface area contributed by atoms with Gasteiger partial charge in [0.05, 0.1) is 5.69 Å². The number of benzene rings is 2. The van der Waals surface area contributed by atoms with Crippen LogP contribution >= 0.6 is 0 Å². The lowest BCUT2D eigenvalue weighted by Gasteiger charge is -2.20. The van der Waals surface area contributed by atoms with Crippen molar-refractivity contribution >= 4 is 0 Å². The van der Waals surface area contributed by atoms with Crippen LogP contribution in [0.3, 0.4) is 0 Å². The molecule has 0 amide bonds. The van der Waals surface area contributed by atoms with E-state index in [-0.39, 0.29) is 23.4 Å². The minimum Gasteiger partial charge on any atom is -0.429 e. The zero-order valence-electron chi connectivity index (χ0n) is 15.5. The second-order valence-electron chi connectivity index (χ2n) is 6.41. The fourth-order valence-corrected chi connectivity index (χ4v) is 2.79. The predicted octanol–water partition coefficient (Wildman–Crippen LogP) is 6.52. The minimum absolute atomic E-state index is 0.0321. The molecule has 0 saturated heterocycles. The summed E-state index contributed by atoms with van der Waals surface area (Å²) in [5.41, 5.74) is -0.951. The molecule has 0 spiro atoms. The van der Waals surface area contributed by atoms with E-state index in [1.54, 1.807) is 6.07 Å². The number of hydrogen-bond acceptors (Lipinski definition) is 2. The number of hydrogen-bond donors (Lipinski definition) is 0. The minimum atomic E-state index is -4.50. The first-order valence-electron chi connectivity index (χ1n) is 8.79. The molecule has 0 saturated carbocycles. The lowest BCUT2D eigenvalue weighted by atomic mass is 10.0. The van der Waals surface area contributed by atoms with Crippen LogP contribution in [0.1, 0.15) is 24.5 Å². The first-order chi connectivity index (χ1) is 14.1. The Hall–Kier alpha value is -3.10. The predicted molar refractivity (Wildman–Crippen MR) is 94.4 cm³/mol. The van der Waals surface area contributed by atoms with Crippen molar-refractivity contribution in [2.45, 2.75) is 25.9 Å². The van der Waals surface area contributed by atoms with Crippen molar-refractivity contribution in [1.82, 2.24) is 4.98 Å². The number of aromatic nitrogens is 1. The second kappa shape index (κ2) is 8.33. The Balaban J connectivity index is 1.93. The molecule has 9 heteroatoms. The third kappa shape index (κ3) is 4.24. The van der Waals surface area contributed by atoms with Crippen LogP contribution < -0.4 is 4.74 Å². The van der Waals surface area contributed by atoms with Crippen LogP contribution in [0, 0.1) is 29.1 Å². The zero-order chi connectivity index (χ0) is 22.1. The van der Waals surface area contributed by atoms with E-state index in [0.29, 0.717) is 6.07 Å². The van der Waals surface area contributed by atoms with E-state index < -0.39 is 46.5 Å². The van der Waals surface area contributed by atoms with Crippen molar-refractivity contribution in [2.24, 2.45) is 0 Å². The summed E-state index contributed by atoms with van der Waals surface area (Å²) in [4.78, 5) is 4.01. The van der Waals surface area contributed by atoms with Crippen LogP contribution in [0.25, 0.3) is 11.3 Å². The van der Waals surface area contributed by atoms with E-state index in [1.165, 1.54) is 12.3 Å². The van der Waals surface area contributed by atoms with Crippen molar-refractivity contribution in [3.8, 4) is 17.0 Å². The Kier molecular flexibility index (Phi) is 6.00. The van der Waals surface area contributed by atoms with Gasteiger partial charge in [0.15, 0.2) is 29.1 Å². The monoisotopic (exact) mass is 429 g/mol. The number of alkyl halides is 2. The summed E-state index contributed by atoms with van der Waals surface area (Å²) < 4.78 is 101. The maximum Gasteiger partial charge on any atom is 0.429 e. The van der Waals surface area contributed by atoms with Gasteiger partial charge >= 0.3 is 6.11 Å². The van der Waals surface area contributed by atoms with E-state index in [4.69, 9.17) is 0 Å². The molecule has 0 aliphatic carbocycles. The molecule has 0 aliphatic heterocycles. The highest BCUT2D eigenvalue weighted by Gasteiger charge is 2.40. The fourth-order valence-electron chi connectivity index (χ4n) is 2.79. The molecule has 2 nitrogen and oxygen atoms in total. The summed E-state index contributed by atoms with van der Waals surface area (Å²) in [5, 5.41) is 0. The molecule has 0 atom stereocenters. The van der Waals surface area contributed by atoms with Gasteiger partial charge < -0.3 is 4.74 Å². The van der Waals surface area contributed by atoms with Crippen molar-refractivity contribution < 1.29 is 35.5 Å². The van der Waals surface area contributed by atoms with Crippen molar-refractivity contribution in [3.05, 3.63) is 82.8 Å². The molecule has 0 aliphatic rings. The van der Waals surface area contributed by atoms with Crippen LogP contribution in [0.5, 0.6) is 5.75 Å². The van der Waals surface area contributed by atoms with Gasteiger partial charge in [-0.2, -0.15) is 8.78 Å². The van der Waals surface area contributed by atoms with Crippen LogP contribution in [-0.2, 0) is 12.5 Å². The van der Waals surface area contributed by atoms with Crippen molar-refractivity contribution in [3.63, 3.8) is 0 Å². The standard InChI is InChI=1S/C21H14F7NO/c1-2-3-11-4-7-17(29-10-11)13-5-6-14(19(25)18(13)24)21(27,28)30-12-8-15(22)20(26)16(23)9-12/h4-10H,2-3H2,1H3. The molecule has 3 aromatic rings. The van der Waals surface area contributed by atoms with Gasteiger partial charge in [0.25, 0.3) is 0 Å². The molecule has 30 heavy (non-hydrogen) atoms. The summed E-state index contributed by atoms with van der Waals surface area (Å²) in [6.07, 6.45) is -1.44. The van der Waals surface area contributed by atoms with Gasteiger partial charge in [-0.05, 0) is 30.2 Å². The largest absolute Gasteiger partial charge is 0.429 e. The van der Waals surface area contributed by atoms with Gasteiger partial charge in [0, 0.05) is 23.9 Å². The number of aryl methyl sites for hydroxylation is 1. The Bertz CT molecular complexity index is 1040. The summed E-state index contributed by atoms with van der Waals surface area (Å²) in [6.45, 7) is 1.96. The Morgan fingerprint density at radius 3 is 2.10 bits per heavy atom. The van der Waals surface area contributed by atoms with Gasteiger partial charge in [-0.15, -0.1) is 0 Å². The molecule has 0 unspecified atom stereocenters. The highest BCUT2D eigenvalue weighted by molar-refractivity contribution is 5.61. The topological polar surface area (TPSA) is 22.1 Å². The van der Waals surface area contributed by atoms with Crippen LogP contribution in [0.4, 0.5) is 30.7 Å². The highest BCUT2D eigenvalue weighted by Crippen LogP contribution is 2.37. The second-order valence-corrected chi connectivity index (χ2v) is 6.41. The van der Waals surface area contributed by atoms with E-state index in [0.717, 1.165) is 24.5 Å². The first-order valence-corrected chi connectivity index (χ1v) is 8.79. The number of rotatable bonds is 6. The van der Waals surface area contributed by atoms with Crippen molar-refractivity contribution in [2.75, 3.05) is 0 Å². The quantitative estimate of drug-likeness (QED) is 0.329. The third-order valence-electron chi connectivity index (χ3n) is 4.24. The molecule has 1 heterocycles. The lowest BCUT2D eigenvalue weighted by molar-refractivity contribution is -0.187. The van der Waals surface area contributed by atoms with Crippen LogP contribution in [0.15, 0.2) is 42.6 Å². The summed E-state index contributed by atoms with van der Waals surface area (Å²) in [7, 11) is 0. The normalized spacial score (nSPS) is 11.6. The number of nitrogens with zero attached hydrogens (tertiary/aromatic N) is 1. The Labute approximate surface area is 166 Å². The van der Waals surface area contributed by atoms with Gasteiger partial charge in [-0.3, -0.25) is 4.98 Å². The first kappa shape index (κ1) is 21.6. The molecule has 3 rings (SSSR count). The van der Waals surface area contributed by atoms with E-state index in [2.05, 4.69) is 9.72 Å². The summed E-state index contributed by atoms with van der Waals surface area (Å²) in [5.74, 6) is -10.1. The highest BCUT2D eigenvalue weighted by atomic mass is 19.3.